The predicted octanol–water partition coefficient (Wildman–Crippen LogP) is 5.20. The summed E-state index contributed by atoms with van der Waals surface area (Å²) in [5.41, 5.74) is 3.26. The number of benzene rings is 2. The Labute approximate surface area is 182 Å². The minimum atomic E-state index is -0.614. The maximum Gasteiger partial charge on any atom is 0.123 e. The van der Waals surface area contributed by atoms with E-state index in [-0.39, 0.29) is 11.9 Å². The minimum absolute atomic E-state index is 0.111. The number of pyridine rings is 1. The first-order valence-corrected chi connectivity index (χ1v) is 11.2. The number of fused-ring (bicyclic) bond motifs is 4. The molecule has 1 N–H and O–H groups in total. The third kappa shape index (κ3) is 3.70. The number of hydrogen-bond donors (Lipinski definition) is 1. The first kappa shape index (κ1) is 20.4. The average molecular weight is 421 g/mol. The second-order valence-corrected chi connectivity index (χ2v) is 8.95. The fourth-order valence-corrected chi connectivity index (χ4v) is 5.55. The number of aliphatic hydroxyl groups excluding tert-OH is 1. The van der Waals surface area contributed by atoms with E-state index >= 15 is 0 Å². The molecular formula is C26H29FN2O2. The van der Waals surface area contributed by atoms with Crippen LogP contribution in [-0.2, 0) is 0 Å². The lowest BCUT2D eigenvalue weighted by Crippen LogP contribution is -2.55. The number of piperidine rings is 3. The number of hydrogen-bond acceptors (Lipinski definition) is 4. The van der Waals surface area contributed by atoms with Crippen molar-refractivity contribution in [1.82, 2.24) is 9.88 Å². The normalized spacial score (nSPS) is 26.2. The highest BCUT2D eigenvalue weighted by Gasteiger charge is 2.42. The summed E-state index contributed by atoms with van der Waals surface area (Å²) >= 11 is 0. The molecule has 1 aromatic heterocycles. The number of aliphatic hydroxyl groups is 1. The Balaban J connectivity index is 1.59. The maximum atomic E-state index is 13.5. The standard InChI is InChI=1S/C26H29FN2O2/c1-3-16-15-29-11-10-18(16)12-25(29)26(30)22-14-24(17-4-6-19(27)7-5-17)28-23-9-8-20(31-2)13-21(22)23/h4-9,13-14,16,18,25-26,30H,3,10-12,15H2,1-2H3/t16-,18-,25+,26-/m0/s1. The number of ether oxygens (including phenoxy) is 1. The average Bonchev–Trinajstić information content (AvgIpc) is 2.83. The van der Waals surface area contributed by atoms with Crippen molar-refractivity contribution in [3.63, 3.8) is 0 Å². The monoisotopic (exact) mass is 420 g/mol. The zero-order valence-corrected chi connectivity index (χ0v) is 18.1. The van der Waals surface area contributed by atoms with Crippen LogP contribution >= 0.6 is 0 Å². The molecule has 0 amide bonds. The molecule has 0 radical (unpaired) electrons. The van der Waals surface area contributed by atoms with Crippen molar-refractivity contribution < 1.29 is 14.2 Å². The minimum Gasteiger partial charge on any atom is -0.497 e. The largest absolute Gasteiger partial charge is 0.497 e. The Hall–Kier alpha value is -2.50. The zero-order valence-electron chi connectivity index (χ0n) is 18.1. The van der Waals surface area contributed by atoms with Crippen molar-refractivity contribution in [3.05, 3.63) is 59.9 Å². The highest BCUT2D eigenvalue weighted by molar-refractivity contribution is 5.87. The summed E-state index contributed by atoms with van der Waals surface area (Å²) in [7, 11) is 1.65. The van der Waals surface area contributed by atoms with Gasteiger partial charge in [-0.2, -0.15) is 0 Å². The molecule has 3 fully saturated rings. The van der Waals surface area contributed by atoms with Gasteiger partial charge in [0.05, 0.1) is 24.4 Å². The van der Waals surface area contributed by atoms with E-state index in [1.807, 2.05) is 24.3 Å². The summed E-state index contributed by atoms with van der Waals surface area (Å²) in [6, 6.07) is 14.2. The Morgan fingerprint density at radius 2 is 2.00 bits per heavy atom. The van der Waals surface area contributed by atoms with Crippen molar-refractivity contribution in [2.45, 2.75) is 38.3 Å². The second kappa shape index (κ2) is 8.21. The van der Waals surface area contributed by atoms with Crippen LogP contribution in [0.25, 0.3) is 22.2 Å². The van der Waals surface area contributed by atoms with E-state index in [4.69, 9.17) is 9.72 Å². The van der Waals surface area contributed by atoms with Crippen LogP contribution in [0.1, 0.15) is 37.9 Å². The zero-order chi connectivity index (χ0) is 21.5. The SMILES string of the molecule is CC[C@H]1CN2CC[C@H]1C[C@@H]2[C@@H](O)c1cc(-c2ccc(F)cc2)nc2ccc(OC)cc12. The molecular weight excluding hydrogens is 391 g/mol. The fourth-order valence-electron chi connectivity index (χ4n) is 5.55. The van der Waals surface area contributed by atoms with Crippen LogP contribution in [0.3, 0.4) is 0 Å². The van der Waals surface area contributed by atoms with Crippen LogP contribution in [0, 0.1) is 17.7 Å². The Kier molecular flexibility index (Phi) is 5.40. The van der Waals surface area contributed by atoms with Crippen molar-refractivity contribution >= 4 is 10.9 Å². The molecule has 6 rings (SSSR count). The van der Waals surface area contributed by atoms with Gasteiger partial charge in [-0.05, 0) is 85.3 Å². The van der Waals surface area contributed by atoms with Gasteiger partial charge in [-0.1, -0.05) is 13.3 Å². The Bertz CT molecular complexity index is 1080. The van der Waals surface area contributed by atoms with Gasteiger partial charge < -0.3 is 9.84 Å². The lowest BCUT2D eigenvalue weighted by Gasteiger charge is -2.51. The Morgan fingerprint density at radius 3 is 2.68 bits per heavy atom. The van der Waals surface area contributed by atoms with Crippen LogP contribution < -0.4 is 4.74 Å². The van der Waals surface area contributed by atoms with Crippen molar-refractivity contribution in [3.8, 4) is 17.0 Å². The van der Waals surface area contributed by atoms with Crippen molar-refractivity contribution in [2.24, 2.45) is 11.8 Å². The van der Waals surface area contributed by atoms with E-state index in [1.165, 1.54) is 25.0 Å². The molecule has 31 heavy (non-hydrogen) atoms. The Morgan fingerprint density at radius 1 is 1.19 bits per heavy atom. The van der Waals surface area contributed by atoms with Gasteiger partial charge in [-0.15, -0.1) is 0 Å². The molecule has 4 nitrogen and oxygen atoms in total. The quantitative estimate of drug-likeness (QED) is 0.616. The van der Waals surface area contributed by atoms with Gasteiger partial charge in [0, 0.05) is 23.5 Å². The number of nitrogens with zero attached hydrogens (tertiary/aromatic N) is 2. The molecule has 162 valence electrons. The summed E-state index contributed by atoms with van der Waals surface area (Å²) in [4.78, 5) is 7.28. The number of aromatic nitrogens is 1. The number of halogens is 1. The predicted molar refractivity (Wildman–Crippen MR) is 121 cm³/mol. The number of methoxy groups -OCH3 is 1. The van der Waals surface area contributed by atoms with Gasteiger partial charge in [0.2, 0.25) is 0 Å². The van der Waals surface area contributed by atoms with Gasteiger partial charge in [0.25, 0.3) is 0 Å². The highest BCUT2D eigenvalue weighted by atomic mass is 19.1. The molecule has 2 bridgehead atoms. The van der Waals surface area contributed by atoms with E-state index in [0.29, 0.717) is 5.92 Å². The molecule has 3 aliphatic heterocycles. The van der Waals surface area contributed by atoms with E-state index in [9.17, 15) is 9.50 Å². The van der Waals surface area contributed by atoms with Crippen LogP contribution in [0.4, 0.5) is 4.39 Å². The highest BCUT2D eigenvalue weighted by Crippen LogP contribution is 2.43. The molecule has 5 heteroatoms. The third-order valence-corrected chi connectivity index (χ3v) is 7.33. The van der Waals surface area contributed by atoms with Crippen molar-refractivity contribution in [2.75, 3.05) is 20.2 Å². The summed E-state index contributed by atoms with van der Waals surface area (Å²) in [5, 5.41) is 12.5. The fraction of sp³-hybridized carbons (Fsp3) is 0.423. The third-order valence-electron chi connectivity index (χ3n) is 7.33. The van der Waals surface area contributed by atoms with E-state index < -0.39 is 6.10 Å². The van der Waals surface area contributed by atoms with Gasteiger partial charge >= 0.3 is 0 Å². The molecule has 4 heterocycles. The van der Waals surface area contributed by atoms with Gasteiger partial charge in [0.1, 0.15) is 11.6 Å². The molecule has 3 aliphatic rings. The smallest absolute Gasteiger partial charge is 0.123 e. The summed E-state index contributed by atoms with van der Waals surface area (Å²) in [6.45, 7) is 4.40. The summed E-state index contributed by atoms with van der Waals surface area (Å²) in [6.07, 6.45) is 2.85. The lowest BCUT2D eigenvalue weighted by molar-refractivity contribution is -0.0562. The lowest BCUT2D eigenvalue weighted by atomic mass is 9.72. The molecule has 0 spiro atoms. The molecule has 2 aromatic carbocycles. The molecule has 5 atom stereocenters. The first-order valence-electron chi connectivity index (χ1n) is 11.2. The van der Waals surface area contributed by atoms with Gasteiger partial charge in [-0.25, -0.2) is 9.37 Å². The molecule has 3 saturated heterocycles. The molecule has 0 aliphatic carbocycles. The van der Waals surface area contributed by atoms with Gasteiger partial charge in [0.15, 0.2) is 0 Å². The van der Waals surface area contributed by atoms with E-state index in [1.54, 1.807) is 19.2 Å². The van der Waals surface area contributed by atoms with E-state index in [2.05, 4.69) is 11.8 Å². The van der Waals surface area contributed by atoms with Crippen LogP contribution in [0.2, 0.25) is 0 Å². The second-order valence-electron chi connectivity index (χ2n) is 8.95. The first-order chi connectivity index (χ1) is 15.1. The number of rotatable bonds is 5. The van der Waals surface area contributed by atoms with Crippen LogP contribution in [-0.4, -0.2) is 41.2 Å². The van der Waals surface area contributed by atoms with E-state index in [0.717, 1.165) is 58.9 Å². The van der Waals surface area contributed by atoms with Crippen LogP contribution in [0.5, 0.6) is 5.75 Å². The van der Waals surface area contributed by atoms with Crippen molar-refractivity contribution in [1.29, 1.82) is 0 Å². The molecule has 3 aromatic rings. The topological polar surface area (TPSA) is 45.6 Å². The molecule has 0 saturated carbocycles. The summed E-state index contributed by atoms with van der Waals surface area (Å²) < 4.78 is 18.9. The van der Waals surface area contributed by atoms with Crippen LogP contribution in [0.15, 0.2) is 48.5 Å². The van der Waals surface area contributed by atoms with Gasteiger partial charge in [-0.3, -0.25) is 4.90 Å². The summed E-state index contributed by atoms with van der Waals surface area (Å²) in [5.74, 6) is 1.90. The maximum absolute atomic E-state index is 13.5. The molecule has 1 unspecified atom stereocenters.